The third-order valence-electron chi connectivity index (χ3n) is 3.40. The van der Waals surface area contributed by atoms with Crippen molar-refractivity contribution in [2.45, 2.75) is 69.6 Å². The van der Waals surface area contributed by atoms with Crippen LogP contribution in [-0.2, 0) is 0 Å². The fourth-order valence-electron chi connectivity index (χ4n) is 2.39. The van der Waals surface area contributed by atoms with E-state index < -0.39 is 0 Å². The molecule has 90 valence electrons. The van der Waals surface area contributed by atoms with E-state index in [0.717, 1.165) is 11.3 Å². The summed E-state index contributed by atoms with van der Waals surface area (Å²) in [5.74, 6) is 1.37. The molecule has 1 aliphatic rings. The van der Waals surface area contributed by atoms with Gasteiger partial charge in [-0.05, 0) is 32.1 Å². The number of unbranched alkanes of at least 4 members (excludes halogenated alkanes) is 2. The van der Waals surface area contributed by atoms with Crippen LogP contribution >= 0.6 is 11.8 Å². The van der Waals surface area contributed by atoms with Crippen molar-refractivity contribution in [2.75, 3.05) is 12.8 Å². The summed E-state index contributed by atoms with van der Waals surface area (Å²) >= 11 is 2.22. The van der Waals surface area contributed by atoms with Gasteiger partial charge in [0.1, 0.15) is 0 Å². The molecule has 0 aromatic carbocycles. The van der Waals surface area contributed by atoms with Crippen molar-refractivity contribution < 1.29 is 0 Å². The third kappa shape index (κ3) is 5.26. The zero-order valence-electron chi connectivity index (χ0n) is 10.4. The van der Waals surface area contributed by atoms with Crippen LogP contribution in [0.4, 0.5) is 0 Å². The molecule has 0 aromatic rings. The van der Waals surface area contributed by atoms with Gasteiger partial charge in [-0.25, -0.2) is 0 Å². The van der Waals surface area contributed by atoms with Gasteiger partial charge in [-0.15, -0.1) is 0 Å². The molecule has 2 unspecified atom stereocenters. The zero-order valence-corrected chi connectivity index (χ0v) is 11.2. The summed E-state index contributed by atoms with van der Waals surface area (Å²) in [6.07, 6.45) is 11.3. The van der Waals surface area contributed by atoms with Crippen LogP contribution in [0.5, 0.6) is 0 Å². The van der Waals surface area contributed by atoms with Crippen molar-refractivity contribution in [3.05, 3.63) is 0 Å². The van der Waals surface area contributed by atoms with Crippen LogP contribution in [-0.4, -0.2) is 24.1 Å². The molecule has 1 aliphatic carbocycles. The number of rotatable bonds is 6. The van der Waals surface area contributed by atoms with E-state index in [1.54, 1.807) is 0 Å². The number of hydrogen-bond donors (Lipinski definition) is 1. The Bertz CT molecular complexity index is 149. The average molecular weight is 229 g/mol. The molecule has 0 heterocycles. The number of thioether (sulfide) groups is 1. The first-order valence-corrected chi connectivity index (χ1v) is 7.72. The van der Waals surface area contributed by atoms with Crippen molar-refractivity contribution in [3.8, 4) is 0 Å². The molecule has 0 spiro atoms. The Labute approximate surface area is 99.8 Å². The molecule has 1 rings (SSSR count). The van der Waals surface area contributed by atoms with Crippen molar-refractivity contribution in [1.82, 2.24) is 5.32 Å². The molecule has 0 amide bonds. The summed E-state index contributed by atoms with van der Waals surface area (Å²) < 4.78 is 0. The summed E-state index contributed by atoms with van der Waals surface area (Å²) in [4.78, 5) is 0. The van der Waals surface area contributed by atoms with Crippen LogP contribution in [0.3, 0.4) is 0 Å². The molecule has 1 N–H and O–H groups in total. The second-order valence-electron chi connectivity index (χ2n) is 4.65. The monoisotopic (exact) mass is 229 g/mol. The molecule has 0 saturated heterocycles. The van der Waals surface area contributed by atoms with Crippen LogP contribution in [0, 0.1) is 0 Å². The normalized spacial score (nSPS) is 27.6. The Morgan fingerprint density at radius 3 is 2.67 bits per heavy atom. The van der Waals surface area contributed by atoms with Crippen molar-refractivity contribution in [3.63, 3.8) is 0 Å². The van der Waals surface area contributed by atoms with Crippen LogP contribution in [0.15, 0.2) is 0 Å². The van der Waals surface area contributed by atoms with Crippen LogP contribution in [0.1, 0.15) is 58.3 Å². The Kier molecular flexibility index (Phi) is 7.54. The average Bonchev–Trinajstić information content (AvgIpc) is 2.49. The van der Waals surface area contributed by atoms with Crippen molar-refractivity contribution >= 4 is 11.8 Å². The van der Waals surface area contributed by atoms with E-state index in [2.05, 4.69) is 31.1 Å². The number of hydrogen-bond acceptors (Lipinski definition) is 2. The lowest BCUT2D eigenvalue weighted by Gasteiger charge is -2.24. The molecule has 2 atom stereocenters. The molecule has 0 aliphatic heterocycles. The maximum absolute atomic E-state index is 3.51. The van der Waals surface area contributed by atoms with Gasteiger partial charge in [0, 0.05) is 11.3 Å². The minimum absolute atomic E-state index is 0.777. The van der Waals surface area contributed by atoms with Gasteiger partial charge in [-0.1, -0.05) is 39.0 Å². The second kappa shape index (κ2) is 8.46. The highest BCUT2D eigenvalue weighted by atomic mass is 32.2. The summed E-state index contributed by atoms with van der Waals surface area (Å²) in [5.41, 5.74) is 0. The van der Waals surface area contributed by atoms with Gasteiger partial charge in [0.25, 0.3) is 0 Å². The molecule has 15 heavy (non-hydrogen) atoms. The highest BCUT2D eigenvalue weighted by Gasteiger charge is 2.21. The van der Waals surface area contributed by atoms with Gasteiger partial charge in [-0.2, -0.15) is 11.8 Å². The molecule has 1 nitrogen and oxygen atoms in total. The van der Waals surface area contributed by atoms with E-state index in [1.165, 1.54) is 57.1 Å². The summed E-state index contributed by atoms with van der Waals surface area (Å²) in [6, 6.07) is 0.777. The fourth-order valence-corrected chi connectivity index (χ4v) is 3.90. The number of nitrogens with one attached hydrogen (secondary N) is 1. The first-order chi connectivity index (χ1) is 7.38. The van der Waals surface area contributed by atoms with Gasteiger partial charge in [0.15, 0.2) is 0 Å². The van der Waals surface area contributed by atoms with E-state index in [0.29, 0.717) is 0 Å². The van der Waals surface area contributed by atoms with Crippen molar-refractivity contribution in [1.29, 1.82) is 0 Å². The van der Waals surface area contributed by atoms with Gasteiger partial charge in [-0.3, -0.25) is 0 Å². The molecule has 0 bridgehead atoms. The van der Waals surface area contributed by atoms with Gasteiger partial charge in [0.2, 0.25) is 0 Å². The van der Waals surface area contributed by atoms with E-state index in [9.17, 15) is 0 Å². The Hall–Kier alpha value is 0.310. The minimum Gasteiger partial charge on any atom is -0.316 e. The fraction of sp³-hybridized carbons (Fsp3) is 1.00. The summed E-state index contributed by atoms with van der Waals surface area (Å²) in [5, 5.41) is 4.40. The van der Waals surface area contributed by atoms with Crippen LogP contribution in [0.2, 0.25) is 0 Å². The maximum Gasteiger partial charge on any atom is 0.0201 e. The Morgan fingerprint density at radius 1 is 1.13 bits per heavy atom. The van der Waals surface area contributed by atoms with Crippen molar-refractivity contribution in [2.24, 2.45) is 0 Å². The molecule has 2 heteroatoms. The first-order valence-electron chi connectivity index (χ1n) is 6.67. The largest absolute Gasteiger partial charge is 0.316 e. The highest BCUT2D eigenvalue weighted by molar-refractivity contribution is 7.99. The van der Waals surface area contributed by atoms with Gasteiger partial charge < -0.3 is 5.32 Å². The predicted octanol–water partition coefficient (Wildman–Crippen LogP) is 3.83. The first kappa shape index (κ1) is 13.4. The zero-order chi connectivity index (χ0) is 10.9. The lowest BCUT2D eigenvalue weighted by molar-refractivity contribution is 0.510. The smallest absolute Gasteiger partial charge is 0.0201 e. The highest BCUT2D eigenvalue weighted by Crippen LogP contribution is 2.28. The molecule has 0 radical (unpaired) electrons. The maximum atomic E-state index is 3.51. The van der Waals surface area contributed by atoms with E-state index >= 15 is 0 Å². The quantitative estimate of drug-likeness (QED) is 0.549. The SMILES string of the molecule is CCCCCSC1CCCCCC1NC. The Morgan fingerprint density at radius 2 is 1.93 bits per heavy atom. The minimum atomic E-state index is 0.777. The summed E-state index contributed by atoms with van der Waals surface area (Å²) in [7, 11) is 2.13. The van der Waals surface area contributed by atoms with E-state index in [4.69, 9.17) is 0 Å². The molecule has 1 saturated carbocycles. The van der Waals surface area contributed by atoms with Crippen LogP contribution in [0.25, 0.3) is 0 Å². The second-order valence-corrected chi connectivity index (χ2v) is 6.00. The Balaban J connectivity index is 2.22. The standard InChI is InChI=1S/C13H27NS/c1-3-4-8-11-15-13-10-7-5-6-9-12(13)14-2/h12-14H,3-11H2,1-2H3. The topological polar surface area (TPSA) is 12.0 Å². The van der Waals surface area contributed by atoms with Gasteiger partial charge in [0.05, 0.1) is 0 Å². The lowest BCUT2D eigenvalue weighted by atomic mass is 10.1. The molecular weight excluding hydrogens is 202 g/mol. The van der Waals surface area contributed by atoms with Gasteiger partial charge >= 0.3 is 0 Å². The lowest BCUT2D eigenvalue weighted by Crippen LogP contribution is -2.34. The predicted molar refractivity (Wildman–Crippen MR) is 71.7 cm³/mol. The summed E-state index contributed by atoms with van der Waals surface area (Å²) in [6.45, 7) is 2.28. The molecule has 0 aromatic heterocycles. The molecule has 1 fully saturated rings. The van der Waals surface area contributed by atoms with E-state index in [-0.39, 0.29) is 0 Å². The third-order valence-corrected chi connectivity index (χ3v) is 4.92. The molecular formula is C13H27NS. The van der Waals surface area contributed by atoms with Crippen LogP contribution < -0.4 is 5.32 Å². The van der Waals surface area contributed by atoms with E-state index in [1.807, 2.05) is 0 Å².